The van der Waals surface area contributed by atoms with Crippen LogP contribution in [-0.4, -0.2) is 29.2 Å². The van der Waals surface area contributed by atoms with Gasteiger partial charge in [-0.1, -0.05) is 6.07 Å². The molecule has 5 nitrogen and oxygen atoms in total. The molecule has 1 atom stereocenters. The molecular weight excluding hydrogens is 311 g/mol. The summed E-state index contributed by atoms with van der Waals surface area (Å²) in [6.45, 7) is 1.65. The maximum Gasteiger partial charge on any atom is 0.262 e. The highest BCUT2D eigenvalue weighted by Gasteiger charge is 2.27. The molecule has 0 spiro atoms. The number of ether oxygens (including phenoxy) is 1. The number of carbonyl (C=O) groups is 1. The largest absolute Gasteiger partial charge is 0.494 e. The van der Waals surface area contributed by atoms with Crippen molar-refractivity contribution in [2.45, 2.75) is 19.4 Å². The molecule has 2 aromatic rings. The van der Waals surface area contributed by atoms with Gasteiger partial charge in [0.2, 0.25) is 0 Å². The minimum Gasteiger partial charge on any atom is -0.494 e. The lowest BCUT2D eigenvalue weighted by molar-refractivity contribution is 0.0742. The summed E-state index contributed by atoms with van der Waals surface area (Å²) in [6.07, 6.45) is -1.61. The van der Waals surface area contributed by atoms with E-state index in [2.05, 4.69) is 10.4 Å². The average Bonchev–Trinajstić information content (AvgIpc) is 2.84. The predicted molar refractivity (Wildman–Crippen MR) is 77.1 cm³/mol. The highest BCUT2D eigenvalue weighted by Crippen LogP contribution is 2.26. The maximum absolute atomic E-state index is 13.7. The van der Waals surface area contributed by atoms with Crippen LogP contribution in [0.2, 0.25) is 0 Å². The van der Waals surface area contributed by atoms with E-state index in [0.29, 0.717) is 5.69 Å². The van der Waals surface area contributed by atoms with Crippen molar-refractivity contribution < 1.29 is 22.7 Å². The van der Waals surface area contributed by atoms with E-state index >= 15 is 0 Å². The second kappa shape index (κ2) is 6.72. The van der Waals surface area contributed by atoms with Crippen LogP contribution in [0.1, 0.15) is 27.7 Å². The first kappa shape index (κ1) is 16.9. The van der Waals surface area contributed by atoms with Gasteiger partial charge in [0.05, 0.1) is 18.9 Å². The van der Waals surface area contributed by atoms with Crippen LogP contribution in [0.4, 0.5) is 13.2 Å². The Morgan fingerprint density at radius 3 is 2.57 bits per heavy atom. The monoisotopic (exact) mass is 327 g/mol. The maximum atomic E-state index is 13.7. The zero-order valence-corrected chi connectivity index (χ0v) is 12.8. The molecule has 8 heteroatoms. The van der Waals surface area contributed by atoms with Crippen LogP contribution in [0.5, 0.6) is 5.75 Å². The standard InChI is InChI=1S/C15H16F3N3O2/c1-8-10(7-19-21(8)2)15(22)20-13(14(17)18)9-4-5-12(23-3)11(16)6-9/h4-7,13-14H,1-3H3,(H,20,22)/t13-/m1/s1. The quantitative estimate of drug-likeness (QED) is 0.918. The van der Waals surface area contributed by atoms with Gasteiger partial charge in [-0.15, -0.1) is 0 Å². The van der Waals surface area contributed by atoms with Gasteiger partial charge in [0, 0.05) is 12.7 Å². The molecule has 0 saturated heterocycles. The van der Waals surface area contributed by atoms with Gasteiger partial charge in [-0.25, -0.2) is 13.2 Å². The lowest BCUT2D eigenvalue weighted by atomic mass is 10.1. The molecule has 0 aliphatic carbocycles. The third-order valence-electron chi connectivity index (χ3n) is 3.55. The molecule has 23 heavy (non-hydrogen) atoms. The molecule has 1 aromatic heterocycles. The summed E-state index contributed by atoms with van der Waals surface area (Å²) in [5.74, 6) is -1.53. The second-order valence-electron chi connectivity index (χ2n) is 4.95. The third kappa shape index (κ3) is 3.46. The molecule has 0 aliphatic heterocycles. The highest BCUT2D eigenvalue weighted by atomic mass is 19.3. The van der Waals surface area contributed by atoms with Crippen LogP contribution >= 0.6 is 0 Å². The first-order valence-electron chi connectivity index (χ1n) is 6.76. The molecular formula is C15H16F3N3O2. The molecule has 1 heterocycles. The van der Waals surface area contributed by atoms with Crippen molar-refractivity contribution in [1.29, 1.82) is 0 Å². The number of alkyl halides is 2. The summed E-state index contributed by atoms with van der Waals surface area (Å²) < 4.78 is 46.5. The van der Waals surface area contributed by atoms with Crippen molar-refractivity contribution in [1.82, 2.24) is 15.1 Å². The smallest absolute Gasteiger partial charge is 0.262 e. The van der Waals surface area contributed by atoms with Gasteiger partial charge in [0.25, 0.3) is 12.3 Å². The number of benzene rings is 1. The molecule has 1 N–H and O–H groups in total. The van der Waals surface area contributed by atoms with Crippen molar-refractivity contribution in [2.75, 3.05) is 7.11 Å². The molecule has 2 rings (SSSR count). The molecule has 0 unspecified atom stereocenters. The van der Waals surface area contributed by atoms with Gasteiger partial charge in [-0.2, -0.15) is 5.10 Å². The lowest BCUT2D eigenvalue weighted by Gasteiger charge is -2.19. The predicted octanol–water partition coefficient (Wildman–Crippen LogP) is 2.61. The molecule has 0 bridgehead atoms. The molecule has 1 amide bonds. The first-order valence-corrected chi connectivity index (χ1v) is 6.76. The van der Waals surface area contributed by atoms with Gasteiger partial charge in [-0.05, 0) is 24.6 Å². The van der Waals surface area contributed by atoms with E-state index < -0.39 is 24.2 Å². The first-order chi connectivity index (χ1) is 10.8. The summed E-state index contributed by atoms with van der Waals surface area (Å²) in [6, 6.07) is 1.81. The topological polar surface area (TPSA) is 56.1 Å². The van der Waals surface area contributed by atoms with Crippen molar-refractivity contribution in [3.05, 3.63) is 47.0 Å². The number of aryl methyl sites for hydroxylation is 1. The van der Waals surface area contributed by atoms with Crippen LogP contribution in [0.15, 0.2) is 24.4 Å². The number of hydrogen-bond donors (Lipinski definition) is 1. The Hall–Kier alpha value is -2.51. The van der Waals surface area contributed by atoms with E-state index in [9.17, 15) is 18.0 Å². The zero-order chi connectivity index (χ0) is 17.1. The number of methoxy groups -OCH3 is 1. The SMILES string of the molecule is COc1ccc([C@@H](NC(=O)c2cnn(C)c2C)C(F)F)cc1F. The Labute approximate surface area is 131 Å². The zero-order valence-electron chi connectivity index (χ0n) is 12.8. The fourth-order valence-electron chi connectivity index (χ4n) is 2.11. The lowest BCUT2D eigenvalue weighted by Crippen LogP contribution is -2.33. The Kier molecular flexibility index (Phi) is 4.92. The van der Waals surface area contributed by atoms with E-state index in [4.69, 9.17) is 4.74 Å². The van der Waals surface area contributed by atoms with E-state index in [1.165, 1.54) is 30.1 Å². The highest BCUT2D eigenvalue weighted by molar-refractivity contribution is 5.95. The van der Waals surface area contributed by atoms with Crippen molar-refractivity contribution >= 4 is 5.91 Å². The molecule has 0 saturated carbocycles. The number of carbonyl (C=O) groups excluding carboxylic acids is 1. The van der Waals surface area contributed by atoms with Gasteiger partial charge in [0.15, 0.2) is 11.6 Å². The van der Waals surface area contributed by atoms with E-state index in [0.717, 1.165) is 6.07 Å². The van der Waals surface area contributed by atoms with Gasteiger partial charge >= 0.3 is 0 Å². The third-order valence-corrected chi connectivity index (χ3v) is 3.55. The average molecular weight is 327 g/mol. The van der Waals surface area contributed by atoms with E-state index in [-0.39, 0.29) is 16.9 Å². The number of nitrogens with zero attached hydrogens (tertiary/aromatic N) is 2. The molecule has 0 aliphatic rings. The number of aromatic nitrogens is 2. The minimum absolute atomic E-state index is 0.0480. The molecule has 0 fully saturated rings. The van der Waals surface area contributed by atoms with Crippen LogP contribution in [0.25, 0.3) is 0 Å². The van der Waals surface area contributed by atoms with Crippen LogP contribution < -0.4 is 10.1 Å². The van der Waals surface area contributed by atoms with Crippen molar-refractivity contribution in [2.24, 2.45) is 7.05 Å². The van der Waals surface area contributed by atoms with E-state index in [1.807, 2.05) is 0 Å². The molecule has 0 radical (unpaired) electrons. The number of rotatable bonds is 5. The normalized spacial score (nSPS) is 12.3. The Morgan fingerprint density at radius 1 is 1.39 bits per heavy atom. The minimum atomic E-state index is -2.90. The Bertz CT molecular complexity index is 716. The molecule has 124 valence electrons. The number of amides is 1. The second-order valence-corrected chi connectivity index (χ2v) is 4.95. The van der Waals surface area contributed by atoms with Gasteiger partial charge in [-0.3, -0.25) is 9.48 Å². The van der Waals surface area contributed by atoms with Crippen LogP contribution in [0, 0.1) is 12.7 Å². The Morgan fingerprint density at radius 2 is 2.09 bits per heavy atom. The van der Waals surface area contributed by atoms with Gasteiger partial charge in [0.1, 0.15) is 6.04 Å². The fraction of sp³-hybridized carbons (Fsp3) is 0.333. The van der Waals surface area contributed by atoms with Crippen LogP contribution in [0.3, 0.4) is 0 Å². The summed E-state index contributed by atoms with van der Waals surface area (Å²) >= 11 is 0. The number of hydrogen-bond acceptors (Lipinski definition) is 3. The molecule has 1 aromatic carbocycles. The summed E-state index contributed by atoms with van der Waals surface area (Å²) in [7, 11) is 2.91. The summed E-state index contributed by atoms with van der Waals surface area (Å²) in [4.78, 5) is 12.2. The van der Waals surface area contributed by atoms with Crippen LogP contribution in [-0.2, 0) is 7.05 Å². The number of nitrogens with one attached hydrogen (secondary N) is 1. The fourth-order valence-corrected chi connectivity index (χ4v) is 2.11. The number of halogens is 3. The Balaban J connectivity index is 2.27. The summed E-state index contributed by atoms with van der Waals surface area (Å²) in [5.41, 5.74) is 0.678. The van der Waals surface area contributed by atoms with Crippen molar-refractivity contribution in [3.63, 3.8) is 0 Å². The summed E-state index contributed by atoms with van der Waals surface area (Å²) in [5, 5.41) is 6.11. The van der Waals surface area contributed by atoms with Gasteiger partial charge < -0.3 is 10.1 Å². The van der Waals surface area contributed by atoms with E-state index in [1.54, 1.807) is 14.0 Å². The van der Waals surface area contributed by atoms with Crippen molar-refractivity contribution in [3.8, 4) is 5.75 Å².